The number of likely N-dealkylation sites (N-methyl/N-ethyl adjacent to an activating group) is 1. The van der Waals surface area contributed by atoms with Gasteiger partial charge in [-0.1, -0.05) is 30.3 Å². The average molecular weight is 413 g/mol. The zero-order valence-corrected chi connectivity index (χ0v) is 18.6. The first-order valence-electron chi connectivity index (χ1n) is 10.9. The number of ether oxygens (including phenoxy) is 2. The Hall–Kier alpha value is -2.08. The molecule has 0 spiro atoms. The molecule has 2 aromatic carbocycles. The molecule has 30 heavy (non-hydrogen) atoms. The molecule has 0 radical (unpaired) electrons. The third-order valence-electron chi connectivity index (χ3n) is 5.74. The molecule has 1 N–H and O–H groups in total. The molecule has 0 amide bonds. The lowest BCUT2D eigenvalue weighted by Gasteiger charge is -2.32. The van der Waals surface area contributed by atoms with Crippen molar-refractivity contribution in [1.29, 1.82) is 0 Å². The van der Waals surface area contributed by atoms with Gasteiger partial charge in [-0.05, 0) is 76.1 Å². The number of likely N-dealkylation sites (tertiary alicyclic amines) is 1. The van der Waals surface area contributed by atoms with E-state index in [9.17, 15) is 5.11 Å². The average Bonchev–Trinajstić information content (AvgIpc) is 2.74. The molecule has 1 aliphatic rings. The predicted octanol–water partition coefficient (Wildman–Crippen LogP) is 3.45. The number of methoxy groups -OCH3 is 1. The second kappa shape index (κ2) is 11.3. The monoisotopic (exact) mass is 412 g/mol. The summed E-state index contributed by atoms with van der Waals surface area (Å²) in [4.78, 5) is 4.46. The molecule has 2 aromatic rings. The van der Waals surface area contributed by atoms with E-state index in [1.54, 1.807) is 7.11 Å². The number of aliphatic hydroxyl groups excluding tert-OH is 1. The van der Waals surface area contributed by atoms with Gasteiger partial charge in [-0.15, -0.1) is 0 Å². The first-order valence-corrected chi connectivity index (χ1v) is 10.9. The Labute approximate surface area is 181 Å². The summed E-state index contributed by atoms with van der Waals surface area (Å²) in [5.41, 5.74) is 2.56. The quantitative estimate of drug-likeness (QED) is 0.648. The van der Waals surface area contributed by atoms with Gasteiger partial charge < -0.3 is 19.5 Å². The summed E-state index contributed by atoms with van der Waals surface area (Å²) in [5, 5.41) is 10.1. The highest BCUT2D eigenvalue weighted by Gasteiger charge is 2.21. The van der Waals surface area contributed by atoms with Crippen LogP contribution in [0.3, 0.4) is 0 Å². The summed E-state index contributed by atoms with van der Waals surface area (Å²) >= 11 is 0. The lowest BCUT2D eigenvalue weighted by atomic mass is 9.90. The highest BCUT2D eigenvalue weighted by atomic mass is 16.5. The van der Waals surface area contributed by atoms with Crippen LogP contribution < -0.4 is 9.47 Å². The van der Waals surface area contributed by atoms with Crippen molar-refractivity contribution in [2.45, 2.75) is 31.9 Å². The molecular formula is C25H36N2O3. The van der Waals surface area contributed by atoms with Gasteiger partial charge in [0.25, 0.3) is 0 Å². The number of hydrogen-bond donors (Lipinski definition) is 1. The Morgan fingerprint density at radius 1 is 1.10 bits per heavy atom. The number of aliphatic hydroxyl groups is 1. The molecule has 1 saturated heterocycles. The molecule has 1 heterocycles. The Morgan fingerprint density at radius 2 is 1.83 bits per heavy atom. The minimum Gasteiger partial charge on any atom is -0.497 e. The van der Waals surface area contributed by atoms with Gasteiger partial charge in [0.15, 0.2) is 0 Å². The molecule has 5 nitrogen and oxygen atoms in total. The Morgan fingerprint density at radius 3 is 2.50 bits per heavy atom. The minimum atomic E-state index is -0.510. The third kappa shape index (κ3) is 7.01. The first-order chi connectivity index (χ1) is 14.5. The smallest absolute Gasteiger partial charge is 0.124 e. The number of rotatable bonds is 10. The van der Waals surface area contributed by atoms with Crippen molar-refractivity contribution in [3.8, 4) is 11.5 Å². The molecule has 0 aliphatic carbocycles. The number of hydrogen-bond acceptors (Lipinski definition) is 5. The molecule has 0 saturated carbocycles. The standard InChI is InChI=1S/C25H36N2O3/c1-26(2)18-23(28)19-30-25-10-9-24(29-3)16-22(25)17-27-13-11-21(12-14-27)15-20-7-5-4-6-8-20/h4-10,16,21,23,28H,11-15,17-19H2,1-3H3/t23-/m0/s1. The van der Waals surface area contributed by atoms with E-state index in [2.05, 4.69) is 41.3 Å². The van der Waals surface area contributed by atoms with Crippen molar-refractivity contribution in [3.05, 3.63) is 59.7 Å². The zero-order valence-electron chi connectivity index (χ0n) is 18.6. The normalized spacial score (nSPS) is 16.6. The molecule has 1 atom stereocenters. The van der Waals surface area contributed by atoms with Gasteiger partial charge in [0.2, 0.25) is 0 Å². The van der Waals surface area contributed by atoms with Gasteiger partial charge in [-0.3, -0.25) is 4.90 Å². The SMILES string of the molecule is COc1ccc(OC[C@@H](O)CN(C)C)c(CN2CCC(Cc3ccccc3)CC2)c1. The molecule has 0 bridgehead atoms. The number of nitrogens with zero attached hydrogens (tertiary/aromatic N) is 2. The fraction of sp³-hybridized carbons (Fsp3) is 0.520. The highest BCUT2D eigenvalue weighted by Crippen LogP contribution is 2.28. The largest absolute Gasteiger partial charge is 0.497 e. The van der Waals surface area contributed by atoms with E-state index in [0.29, 0.717) is 6.54 Å². The molecular weight excluding hydrogens is 376 g/mol. The summed E-state index contributed by atoms with van der Waals surface area (Å²) in [6.45, 7) is 3.90. The summed E-state index contributed by atoms with van der Waals surface area (Å²) in [7, 11) is 5.59. The molecule has 0 unspecified atom stereocenters. The van der Waals surface area contributed by atoms with Gasteiger partial charge >= 0.3 is 0 Å². The van der Waals surface area contributed by atoms with Crippen molar-refractivity contribution < 1.29 is 14.6 Å². The summed E-state index contributed by atoms with van der Waals surface area (Å²) in [6, 6.07) is 16.7. The number of benzene rings is 2. The highest BCUT2D eigenvalue weighted by molar-refractivity contribution is 5.40. The first kappa shape index (κ1) is 22.6. The van der Waals surface area contributed by atoms with E-state index in [-0.39, 0.29) is 6.61 Å². The van der Waals surface area contributed by atoms with Crippen LogP contribution in [-0.4, -0.2) is 68.5 Å². The Bertz CT molecular complexity index is 758. The number of piperidine rings is 1. The van der Waals surface area contributed by atoms with Crippen LogP contribution in [0.2, 0.25) is 0 Å². The Kier molecular flexibility index (Phi) is 8.55. The van der Waals surface area contributed by atoms with E-state index in [0.717, 1.165) is 42.6 Å². The third-order valence-corrected chi connectivity index (χ3v) is 5.74. The predicted molar refractivity (Wildman–Crippen MR) is 121 cm³/mol. The van der Waals surface area contributed by atoms with Crippen LogP contribution in [0.4, 0.5) is 0 Å². The van der Waals surface area contributed by atoms with Crippen LogP contribution >= 0.6 is 0 Å². The summed E-state index contributed by atoms with van der Waals surface area (Å²) < 4.78 is 11.4. The molecule has 1 aliphatic heterocycles. The molecule has 1 fully saturated rings. The van der Waals surface area contributed by atoms with E-state index < -0.39 is 6.10 Å². The van der Waals surface area contributed by atoms with E-state index >= 15 is 0 Å². The zero-order chi connectivity index (χ0) is 21.3. The summed E-state index contributed by atoms with van der Waals surface area (Å²) in [5.74, 6) is 2.43. The van der Waals surface area contributed by atoms with Crippen LogP contribution in [0.1, 0.15) is 24.0 Å². The van der Waals surface area contributed by atoms with Gasteiger partial charge in [-0.25, -0.2) is 0 Å². The fourth-order valence-corrected chi connectivity index (χ4v) is 4.14. The topological polar surface area (TPSA) is 45.2 Å². The van der Waals surface area contributed by atoms with Crippen molar-refractivity contribution in [1.82, 2.24) is 9.80 Å². The van der Waals surface area contributed by atoms with E-state index in [1.807, 2.05) is 31.1 Å². The van der Waals surface area contributed by atoms with Gasteiger partial charge in [0.1, 0.15) is 24.2 Å². The van der Waals surface area contributed by atoms with Crippen LogP contribution in [0, 0.1) is 5.92 Å². The van der Waals surface area contributed by atoms with Crippen LogP contribution in [0.5, 0.6) is 11.5 Å². The minimum absolute atomic E-state index is 0.288. The summed E-state index contributed by atoms with van der Waals surface area (Å²) in [6.07, 6.45) is 3.10. The fourth-order valence-electron chi connectivity index (χ4n) is 4.14. The van der Waals surface area contributed by atoms with Crippen molar-refractivity contribution >= 4 is 0 Å². The van der Waals surface area contributed by atoms with Crippen molar-refractivity contribution in [2.75, 3.05) is 47.4 Å². The lowest BCUT2D eigenvalue weighted by Crippen LogP contribution is -2.34. The van der Waals surface area contributed by atoms with Gasteiger partial charge in [0, 0.05) is 18.7 Å². The lowest BCUT2D eigenvalue weighted by molar-refractivity contribution is 0.0819. The van der Waals surface area contributed by atoms with Gasteiger partial charge in [0.05, 0.1) is 7.11 Å². The van der Waals surface area contributed by atoms with E-state index in [4.69, 9.17) is 9.47 Å². The molecule has 3 rings (SSSR count). The maximum atomic E-state index is 10.1. The molecule has 5 heteroatoms. The maximum Gasteiger partial charge on any atom is 0.124 e. The Balaban J connectivity index is 1.56. The van der Waals surface area contributed by atoms with Crippen LogP contribution in [0.25, 0.3) is 0 Å². The van der Waals surface area contributed by atoms with E-state index in [1.165, 1.54) is 24.8 Å². The second-order valence-corrected chi connectivity index (χ2v) is 8.61. The van der Waals surface area contributed by atoms with Crippen molar-refractivity contribution in [3.63, 3.8) is 0 Å². The second-order valence-electron chi connectivity index (χ2n) is 8.61. The molecule has 0 aromatic heterocycles. The van der Waals surface area contributed by atoms with Gasteiger partial charge in [-0.2, -0.15) is 0 Å². The van der Waals surface area contributed by atoms with Crippen molar-refractivity contribution in [2.24, 2.45) is 5.92 Å². The molecule has 164 valence electrons. The maximum absolute atomic E-state index is 10.1. The van der Waals surface area contributed by atoms with Crippen LogP contribution in [-0.2, 0) is 13.0 Å². The van der Waals surface area contributed by atoms with Crippen LogP contribution in [0.15, 0.2) is 48.5 Å².